The van der Waals surface area contributed by atoms with Crippen molar-refractivity contribution in [3.05, 3.63) is 23.8 Å². The van der Waals surface area contributed by atoms with Crippen LogP contribution in [-0.2, 0) is 4.74 Å². The highest BCUT2D eigenvalue weighted by Crippen LogP contribution is 2.28. The van der Waals surface area contributed by atoms with Gasteiger partial charge in [-0.05, 0) is 64.0 Å². The Morgan fingerprint density at radius 3 is 2.90 bits per heavy atom. The molecule has 0 aliphatic carbocycles. The van der Waals surface area contributed by atoms with E-state index in [0.29, 0.717) is 19.3 Å². The Kier molecular flexibility index (Phi) is 6.33. The van der Waals surface area contributed by atoms with Gasteiger partial charge in [-0.1, -0.05) is 6.07 Å². The van der Waals surface area contributed by atoms with Gasteiger partial charge in [0.15, 0.2) is 0 Å². The van der Waals surface area contributed by atoms with Gasteiger partial charge in [0, 0.05) is 13.2 Å². The molecule has 118 valence electrons. The third kappa shape index (κ3) is 5.21. The van der Waals surface area contributed by atoms with Crippen molar-refractivity contribution >= 4 is 5.69 Å². The molecule has 1 N–H and O–H groups in total. The minimum Gasteiger partial charge on any atom is -0.489 e. The Morgan fingerprint density at radius 2 is 2.10 bits per heavy atom. The molecular weight excluding hydrogens is 264 g/mol. The molecule has 0 aromatic heterocycles. The molecule has 1 saturated heterocycles. The van der Waals surface area contributed by atoms with Crippen molar-refractivity contribution in [3.63, 3.8) is 0 Å². The summed E-state index contributed by atoms with van der Waals surface area (Å²) in [5, 5.41) is 3.67. The van der Waals surface area contributed by atoms with Crippen LogP contribution in [-0.4, -0.2) is 51.4 Å². The van der Waals surface area contributed by atoms with Crippen molar-refractivity contribution < 1.29 is 9.47 Å². The summed E-state index contributed by atoms with van der Waals surface area (Å²) < 4.78 is 10.9. The number of hydrogen-bond acceptors (Lipinski definition) is 4. The lowest BCUT2D eigenvalue weighted by molar-refractivity contribution is 0.146. The molecule has 1 aliphatic rings. The third-order valence-electron chi connectivity index (χ3n) is 3.99. The van der Waals surface area contributed by atoms with E-state index < -0.39 is 0 Å². The molecule has 1 atom stereocenters. The van der Waals surface area contributed by atoms with E-state index in [1.165, 1.54) is 31.4 Å². The van der Waals surface area contributed by atoms with Gasteiger partial charge in [-0.15, -0.1) is 0 Å². The molecule has 0 saturated carbocycles. The lowest BCUT2D eigenvalue weighted by Crippen LogP contribution is -2.23. The fraction of sp³-hybridized carbons (Fsp3) is 0.647. The summed E-state index contributed by atoms with van der Waals surface area (Å²) in [5.41, 5.74) is 2.32. The van der Waals surface area contributed by atoms with E-state index in [9.17, 15) is 0 Å². The van der Waals surface area contributed by atoms with Crippen molar-refractivity contribution in [2.75, 3.05) is 45.8 Å². The third-order valence-corrected chi connectivity index (χ3v) is 3.99. The van der Waals surface area contributed by atoms with Crippen LogP contribution in [0.3, 0.4) is 0 Å². The number of benzene rings is 1. The fourth-order valence-corrected chi connectivity index (χ4v) is 2.71. The van der Waals surface area contributed by atoms with Gasteiger partial charge in [0.05, 0.1) is 12.3 Å². The Morgan fingerprint density at radius 1 is 1.24 bits per heavy atom. The molecule has 0 amide bonds. The molecule has 1 aliphatic heterocycles. The first-order valence-corrected chi connectivity index (χ1v) is 7.86. The lowest BCUT2D eigenvalue weighted by Gasteiger charge is -2.21. The van der Waals surface area contributed by atoms with Gasteiger partial charge in [-0.3, -0.25) is 0 Å². The normalized spacial score (nSPS) is 20.0. The van der Waals surface area contributed by atoms with Crippen molar-refractivity contribution in [2.45, 2.75) is 32.2 Å². The Bertz CT molecular complexity index is 437. The van der Waals surface area contributed by atoms with Crippen LogP contribution >= 0.6 is 0 Å². The van der Waals surface area contributed by atoms with Crippen LogP contribution in [0.4, 0.5) is 5.69 Å². The quantitative estimate of drug-likeness (QED) is 0.817. The zero-order valence-electron chi connectivity index (χ0n) is 13.5. The minimum absolute atomic E-state index is 0.530. The van der Waals surface area contributed by atoms with Crippen molar-refractivity contribution in [1.29, 1.82) is 0 Å². The van der Waals surface area contributed by atoms with Crippen molar-refractivity contribution in [1.82, 2.24) is 4.90 Å². The average molecular weight is 292 g/mol. The number of rotatable bonds is 6. The monoisotopic (exact) mass is 292 g/mol. The smallest absolute Gasteiger partial charge is 0.142 e. The van der Waals surface area contributed by atoms with Crippen LogP contribution in [0.2, 0.25) is 0 Å². The SMILES string of the molecule is COCCOc1cc(C)ccc1NC1CCCN(C)CC1. The molecular formula is C17H28N2O2. The van der Waals surface area contributed by atoms with E-state index in [1.807, 2.05) is 0 Å². The lowest BCUT2D eigenvalue weighted by atomic mass is 10.1. The summed E-state index contributed by atoms with van der Waals surface area (Å²) in [6, 6.07) is 6.89. The van der Waals surface area contributed by atoms with Crippen molar-refractivity contribution in [3.8, 4) is 5.75 Å². The van der Waals surface area contributed by atoms with E-state index >= 15 is 0 Å². The second-order valence-electron chi connectivity index (χ2n) is 5.92. The van der Waals surface area contributed by atoms with Crippen LogP contribution in [0.25, 0.3) is 0 Å². The number of nitrogens with one attached hydrogen (secondary N) is 1. The summed E-state index contributed by atoms with van der Waals surface area (Å²) in [7, 11) is 3.90. The predicted molar refractivity (Wildman–Crippen MR) is 87.3 cm³/mol. The zero-order valence-corrected chi connectivity index (χ0v) is 13.5. The number of nitrogens with zero attached hydrogens (tertiary/aromatic N) is 1. The van der Waals surface area contributed by atoms with Crippen molar-refractivity contribution in [2.24, 2.45) is 0 Å². The maximum absolute atomic E-state index is 5.85. The summed E-state index contributed by atoms with van der Waals surface area (Å²) in [6.45, 7) is 5.64. The maximum Gasteiger partial charge on any atom is 0.142 e. The molecule has 0 bridgehead atoms. The molecule has 4 nitrogen and oxygen atoms in total. The number of methoxy groups -OCH3 is 1. The second-order valence-corrected chi connectivity index (χ2v) is 5.92. The fourth-order valence-electron chi connectivity index (χ4n) is 2.71. The van der Waals surface area contributed by atoms with E-state index in [0.717, 1.165) is 18.0 Å². The summed E-state index contributed by atoms with van der Waals surface area (Å²) in [5.74, 6) is 0.935. The number of hydrogen-bond donors (Lipinski definition) is 1. The second kappa shape index (κ2) is 8.25. The molecule has 1 fully saturated rings. The van der Waals surface area contributed by atoms with Gasteiger partial charge in [-0.2, -0.15) is 0 Å². The maximum atomic E-state index is 5.85. The van der Waals surface area contributed by atoms with E-state index in [4.69, 9.17) is 9.47 Å². The molecule has 4 heteroatoms. The molecule has 1 aromatic rings. The summed E-state index contributed by atoms with van der Waals surface area (Å²) in [6.07, 6.45) is 3.65. The van der Waals surface area contributed by atoms with Gasteiger partial charge in [0.1, 0.15) is 12.4 Å². The van der Waals surface area contributed by atoms with Crippen LogP contribution in [0.5, 0.6) is 5.75 Å². The van der Waals surface area contributed by atoms with Crippen LogP contribution in [0, 0.1) is 6.92 Å². The van der Waals surface area contributed by atoms with Gasteiger partial charge in [0.25, 0.3) is 0 Å². The van der Waals surface area contributed by atoms with Crippen LogP contribution < -0.4 is 10.1 Å². The molecule has 1 heterocycles. The molecule has 2 rings (SSSR count). The van der Waals surface area contributed by atoms with Gasteiger partial charge in [0.2, 0.25) is 0 Å². The van der Waals surface area contributed by atoms with Crippen LogP contribution in [0.15, 0.2) is 18.2 Å². The number of aryl methyl sites for hydroxylation is 1. The standard InChI is InChI=1S/C17H28N2O2/c1-14-6-7-16(17(13-14)21-12-11-20-3)18-15-5-4-9-19(2)10-8-15/h6-7,13,15,18H,4-5,8-12H2,1-3H3. The minimum atomic E-state index is 0.530. The number of ether oxygens (including phenoxy) is 2. The highest BCUT2D eigenvalue weighted by molar-refractivity contribution is 5.58. The Labute approximate surface area is 128 Å². The van der Waals surface area contributed by atoms with E-state index in [-0.39, 0.29) is 0 Å². The molecule has 0 radical (unpaired) electrons. The highest BCUT2D eigenvalue weighted by atomic mass is 16.5. The van der Waals surface area contributed by atoms with E-state index in [1.54, 1.807) is 7.11 Å². The predicted octanol–water partition coefficient (Wildman–Crippen LogP) is 2.92. The largest absolute Gasteiger partial charge is 0.489 e. The molecule has 0 spiro atoms. The highest BCUT2D eigenvalue weighted by Gasteiger charge is 2.16. The Balaban J connectivity index is 2.00. The topological polar surface area (TPSA) is 33.7 Å². The first-order chi connectivity index (χ1) is 10.2. The molecule has 21 heavy (non-hydrogen) atoms. The van der Waals surface area contributed by atoms with E-state index in [2.05, 4.69) is 42.4 Å². The average Bonchev–Trinajstić information content (AvgIpc) is 2.67. The number of likely N-dealkylation sites (tertiary alicyclic amines) is 1. The summed E-state index contributed by atoms with van der Waals surface area (Å²) in [4.78, 5) is 2.41. The van der Waals surface area contributed by atoms with Crippen LogP contribution in [0.1, 0.15) is 24.8 Å². The first-order valence-electron chi connectivity index (χ1n) is 7.86. The summed E-state index contributed by atoms with van der Waals surface area (Å²) >= 11 is 0. The Hall–Kier alpha value is -1.26. The van der Waals surface area contributed by atoms with Gasteiger partial charge in [-0.25, -0.2) is 0 Å². The number of anilines is 1. The zero-order chi connectivity index (χ0) is 15.1. The molecule has 1 unspecified atom stereocenters. The van der Waals surface area contributed by atoms with Gasteiger partial charge < -0.3 is 19.7 Å². The first kappa shape index (κ1) is 16.1. The molecule has 1 aromatic carbocycles. The van der Waals surface area contributed by atoms with Gasteiger partial charge >= 0.3 is 0 Å².